The lowest BCUT2D eigenvalue weighted by atomic mass is 9.95. The highest BCUT2D eigenvalue weighted by Gasteiger charge is 2.25. The van der Waals surface area contributed by atoms with E-state index in [1.807, 2.05) is 5.38 Å². The van der Waals surface area contributed by atoms with Crippen molar-refractivity contribution in [3.63, 3.8) is 0 Å². The molecular weight excluding hydrogens is 228 g/mol. The molecule has 2 atom stereocenters. The first-order chi connectivity index (χ1) is 7.52. The van der Waals surface area contributed by atoms with E-state index in [0.29, 0.717) is 6.54 Å². The summed E-state index contributed by atoms with van der Waals surface area (Å²) in [5.41, 5.74) is 0. The van der Waals surface area contributed by atoms with E-state index in [2.05, 4.69) is 10.3 Å². The summed E-state index contributed by atoms with van der Waals surface area (Å²) in [4.78, 5) is 26.3. The van der Waals surface area contributed by atoms with Gasteiger partial charge in [-0.3, -0.25) is 9.59 Å². The van der Waals surface area contributed by atoms with Gasteiger partial charge in [-0.2, -0.15) is 0 Å². The molecule has 1 amide bonds. The summed E-state index contributed by atoms with van der Waals surface area (Å²) in [5, 5.41) is 14.1. The van der Waals surface area contributed by atoms with Gasteiger partial charge in [-0.1, -0.05) is 13.8 Å². The topological polar surface area (TPSA) is 79.3 Å². The molecule has 0 spiro atoms. The zero-order valence-electron chi connectivity index (χ0n) is 9.14. The van der Waals surface area contributed by atoms with Gasteiger partial charge in [0.25, 0.3) is 0 Å². The molecule has 0 saturated carbocycles. The summed E-state index contributed by atoms with van der Waals surface area (Å²) < 4.78 is 0. The number of carboxylic acids is 1. The number of thiazole rings is 1. The molecule has 0 saturated heterocycles. The van der Waals surface area contributed by atoms with Gasteiger partial charge in [0.1, 0.15) is 5.01 Å². The molecule has 1 rings (SSSR count). The quantitative estimate of drug-likeness (QED) is 0.810. The molecule has 5 nitrogen and oxygen atoms in total. The maximum atomic E-state index is 11.6. The first kappa shape index (κ1) is 12.6. The summed E-state index contributed by atoms with van der Waals surface area (Å²) in [7, 11) is 0. The summed E-state index contributed by atoms with van der Waals surface area (Å²) in [5.74, 6) is -2.45. The largest absolute Gasteiger partial charge is 0.481 e. The van der Waals surface area contributed by atoms with Crippen LogP contribution in [0.1, 0.15) is 18.9 Å². The number of nitrogens with one attached hydrogen (secondary N) is 1. The fourth-order valence-electron chi connectivity index (χ4n) is 1.10. The van der Waals surface area contributed by atoms with Crippen molar-refractivity contribution in [2.75, 3.05) is 0 Å². The van der Waals surface area contributed by atoms with Gasteiger partial charge in [-0.25, -0.2) is 4.98 Å². The minimum Gasteiger partial charge on any atom is -0.481 e. The van der Waals surface area contributed by atoms with Crippen LogP contribution in [-0.2, 0) is 16.1 Å². The van der Waals surface area contributed by atoms with Crippen LogP contribution in [0.5, 0.6) is 0 Å². The molecule has 0 aliphatic rings. The lowest BCUT2D eigenvalue weighted by Crippen LogP contribution is -2.34. The third-order valence-corrected chi connectivity index (χ3v) is 3.23. The molecule has 0 aliphatic heterocycles. The standard InChI is InChI=1S/C10H14N2O3S/c1-6(7(2)10(14)15)9(13)12-5-8-11-3-4-16-8/h3-4,6-7H,5H2,1-2H3,(H,12,13)(H,14,15). The van der Waals surface area contributed by atoms with Crippen molar-refractivity contribution < 1.29 is 14.7 Å². The zero-order chi connectivity index (χ0) is 12.1. The number of hydrogen-bond donors (Lipinski definition) is 2. The van der Waals surface area contributed by atoms with Crippen LogP contribution in [0.2, 0.25) is 0 Å². The highest BCUT2D eigenvalue weighted by Crippen LogP contribution is 2.11. The van der Waals surface area contributed by atoms with Crippen molar-refractivity contribution in [1.29, 1.82) is 0 Å². The fourth-order valence-corrected chi connectivity index (χ4v) is 1.66. The van der Waals surface area contributed by atoms with Crippen molar-refractivity contribution in [3.8, 4) is 0 Å². The minimum absolute atomic E-state index is 0.259. The van der Waals surface area contributed by atoms with E-state index in [1.54, 1.807) is 13.1 Å². The summed E-state index contributed by atoms with van der Waals surface area (Å²) in [6.07, 6.45) is 1.66. The molecule has 1 aromatic rings. The Bertz CT molecular complexity index is 364. The van der Waals surface area contributed by atoms with Gasteiger partial charge < -0.3 is 10.4 Å². The second-order valence-corrected chi connectivity index (χ2v) is 4.54. The van der Waals surface area contributed by atoms with Gasteiger partial charge in [-0.05, 0) is 0 Å². The van der Waals surface area contributed by atoms with Crippen LogP contribution in [0.3, 0.4) is 0 Å². The smallest absolute Gasteiger partial charge is 0.307 e. The molecule has 2 N–H and O–H groups in total. The number of nitrogens with zero attached hydrogens (tertiary/aromatic N) is 1. The van der Waals surface area contributed by atoms with Crippen LogP contribution in [-0.4, -0.2) is 22.0 Å². The van der Waals surface area contributed by atoms with Crippen LogP contribution < -0.4 is 5.32 Å². The molecule has 88 valence electrons. The van der Waals surface area contributed by atoms with Gasteiger partial charge >= 0.3 is 5.97 Å². The van der Waals surface area contributed by atoms with E-state index in [-0.39, 0.29) is 5.91 Å². The highest BCUT2D eigenvalue weighted by molar-refractivity contribution is 7.09. The van der Waals surface area contributed by atoms with Gasteiger partial charge in [0.05, 0.1) is 12.5 Å². The summed E-state index contributed by atoms with van der Waals surface area (Å²) >= 11 is 1.45. The molecule has 1 aromatic heterocycles. The Morgan fingerprint density at radius 1 is 1.50 bits per heavy atom. The van der Waals surface area contributed by atoms with E-state index >= 15 is 0 Å². The molecule has 0 aliphatic carbocycles. The van der Waals surface area contributed by atoms with E-state index in [0.717, 1.165) is 5.01 Å². The number of hydrogen-bond acceptors (Lipinski definition) is 4. The molecule has 6 heteroatoms. The molecular formula is C10H14N2O3S. The van der Waals surface area contributed by atoms with E-state index in [9.17, 15) is 9.59 Å². The van der Waals surface area contributed by atoms with Crippen LogP contribution in [0, 0.1) is 11.8 Å². The maximum Gasteiger partial charge on any atom is 0.307 e. The normalized spacial score (nSPS) is 14.1. The zero-order valence-corrected chi connectivity index (χ0v) is 9.95. The van der Waals surface area contributed by atoms with Crippen molar-refractivity contribution in [3.05, 3.63) is 16.6 Å². The summed E-state index contributed by atoms with van der Waals surface area (Å²) in [6, 6.07) is 0. The monoisotopic (exact) mass is 242 g/mol. The Balaban J connectivity index is 2.43. The molecule has 2 unspecified atom stereocenters. The number of aromatic nitrogens is 1. The van der Waals surface area contributed by atoms with Crippen molar-refractivity contribution in [1.82, 2.24) is 10.3 Å². The average Bonchev–Trinajstić information content (AvgIpc) is 2.76. The third-order valence-electron chi connectivity index (χ3n) is 2.45. The Morgan fingerprint density at radius 2 is 2.19 bits per heavy atom. The number of rotatable bonds is 5. The van der Waals surface area contributed by atoms with E-state index in [1.165, 1.54) is 18.3 Å². The first-order valence-electron chi connectivity index (χ1n) is 4.91. The van der Waals surface area contributed by atoms with Crippen LogP contribution in [0.25, 0.3) is 0 Å². The highest BCUT2D eigenvalue weighted by atomic mass is 32.1. The van der Waals surface area contributed by atoms with Gasteiger partial charge in [0, 0.05) is 17.5 Å². The van der Waals surface area contributed by atoms with E-state index < -0.39 is 17.8 Å². The fraction of sp³-hybridized carbons (Fsp3) is 0.500. The maximum absolute atomic E-state index is 11.6. The van der Waals surface area contributed by atoms with Crippen molar-refractivity contribution >= 4 is 23.2 Å². The SMILES string of the molecule is CC(C(=O)O)C(C)C(=O)NCc1nccs1. The van der Waals surface area contributed by atoms with Crippen molar-refractivity contribution in [2.24, 2.45) is 11.8 Å². The van der Waals surface area contributed by atoms with Gasteiger partial charge in [0.15, 0.2) is 0 Å². The number of amides is 1. The molecule has 1 heterocycles. The van der Waals surface area contributed by atoms with Crippen molar-refractivity contribution in [2.45, 2.75) is 20.4 Å². The van der Waals surface area contributed by atoms with Gasteiger partial charge in [0.2, 0.25) is 5.91 Å². The molecule has 16 heavy (non-hydrogen) atoms. The third kappa shape index (κ3) is 3.30. The number of carbonyl (C=O) groups excluding carboxylic acids is 1. The molecule has 0 fully saturated rings. The Labute approximate surface area is 97.5 Å². The lowest BCUT2D eigenvalue weighted by Gasteiger charge is -2.15. The lowest BCUT2D eigenvalue weighted by molar-refractivity contribution is -0.146. The molecule has 0 radical (unpaired) electrons. The van der Waals surface area contributed by atoms with Crippen LogP contribution in [0.15, 0.2) is 11.6 Å². The summed E-state index contributed by atoms with van der Waals surface area (Å²) in [6.45, 7) is 3.49. The molecule has 0 aromatic carbocycles. The Hall–Kier alpha value is -1.43. The second-order valence-electron chi connectivity index (χ2n) is 3.56. The number of carboxylic acid groups (broad SMARTS) is 1. The Morgan fingerprint density at radius 3 is 2.69 bits per heavy atom. The van der Waals surface area contributed by atoms with Crippen LogP contribution >= 0.6 is 11.3 Å². The van der Waals surface area contributed by atoms with Crippen LogP contribution in [0.4, 0.5) is 0 Å². The Kier molecular flexibility index (Phi) is 4.42. The van der Waals surface area contributed by atoms with E-state index in [4.69, 9.17) is 5.11 Å². The number of carbonyl (C=O) groups is 2. The molecule has 0 bridgehead atoms. The number of aliphatic carboxylic acids is 1. The van der Waals surface area contributed by atoms with Gasteiger partial charge in [-0.15, -0.1) is 11.3 Å². The predicted octanol–water partition coefficient (Wildman–Crippen LogP) is 1.12. The second kappa shape index (κ2) is 5.60. The first-order valence-corrected chi connectivity index (χ1v) is 5.79. The predicted molar refractivity (Wildman–Crippen MR) is 59.9 cm³/mol. The average molecular weight is 242 g/mol. The minimum atomic E-state index is -0.961.